The van der Waals surface area contributed by atoms with E-state index in [1.807, 2.05) is 0 Å². The second kappa shape index (κ2) is 3.76. The van der Waals surface area contributed by atoms with Gasteiger partial charge in [0.2, 0.25) is 0 Å². The molecule has 0 radical (unpaired) electrons. The lowest BCUT2D eigenvalue weighted by Crippen LogP contribution is -2.17. The van der Waals surface area contributed by atoms with Crippen LogP contribution >= 0.6 is 11.6 Å². The largest absolute Gasteiger partial charge is 0.573 e. The fourth-order valence-electron chi connectivity index (χ4n) is 0.820. The predicted molar refractivity (Wildman–Crippen MR) is 42.9 cm³/mol. The quantitative estimate of drug-likeness (QED) is 0.730. The highest BCUT2D eigenvalue weighted by Gasteiger charge is 2.31. The van der Waals surface area contributed by atoms with Crippen molar-refractivity contribution in [3.8, 4) is 11.8 Å². The Morgan fingerprint density at radius 3 is 2.43 bits per heavy atom. The minimum atomic E-state index is -4.78. The molecule has 2 nitrogen and oxygen atoms in total. The van der Waals surface area contributed by atoms with Crippen molar-refractivity contribution in [1.82, 2.24) is 0 Å². The van der Waals surface area contributed by atoms with Gasteiger partial charge in [-0.05, 0) is 18.2 Å². The molecule has 0 spiro atoms. The van der Waals surface area contributed by atoms with Gasteiger partial charge in [-0.2, -0.15) is 5.26 Å². The minimum absolute atomic E-state index is 0.0109. The molecule has 0 atom stereocenters. The van der Waals surface area contributed by atoms with Gasteiger partial charge in [0.25, 0.3) is 0 Å². The van der Waals surface area contributed by atoms with Gasteiger partial charge in [-0.1, -0.05) is 11.6 Å². The van der Waals surface area contributed by atoms with Crippen molar-refractivity contribution in [2.24, 2.45) is 0 Å². The van der Waals surface area contributed by atoms with E-state index in [0.29, 0.717) is 0 Å². The minimum Gasteiger partial charge on any atom is -0.406 e. The van der Waals surface area contributed by atoms with Gasteiger partial charge < -0.3 is 4.74 Å². The third-order valence-electron chi connectivity index (χ3n) is 1.23. The van der Waals surface area contributed by atoms with Gasteiger partial charge in [0, 0.05) is 5.02 Å². The van der Waals surface area contributed by atoms with Crippen LogP contribution < -0.4 is 4.74 Å². The summed E-state index contributed by atoms with van der Waals surface area (Å²) in [7, 11) is 0. The fourth-order valence-corrected chi connectivity index (χ4v) is 1.04. The lowest BCUT2D eigenvalue weighted by atomic mass is 10.2. The first kappa shape index (κ1) is 10.7. The van der Waals surface area contributed by atoms with Gasteiger partial charge in [-0.25, -0.2) is 0 Å². The Hall–Kier alpha value is -1.41. The van der Waals surface area contributed by atoms with Crippen molar-refractivity contribution in [2.75, 3.05) is 0 Å². The average molecular weight is 222 g/mol. The summed E-state index contributed by atoms with van der Waals surface area (Å²) in [5.41, 5.74) is 0.0109. The number of nitrogens with zero attached hydrogens (tertiary/aromatic N) is 1. The second-order valence-electron chi connectivity index (χ2n) is 2.34. The molecule has 0 aromatic heterocycles. The van der Waals surface area contributed by atoms with Crippen LogP contribution in [0, 0.1) is 11.3 Å². The molecule has 0 aliphatic carbocycles. The monoisotopic (exact) mass is 221 g/mol. The maximum Gasteiger partial charge on any atom is 0.573 e. The van der Waals surface area contributed by atoms with Gasteiger partial charge in [-0.15, -0.1) is 13.2 Å². The average Bonchev–Trinajstić information content (AvgIpc) is 1.99. The first-order valence-corrected chi connectivity index (χ1v) is 3.75. The Morgan fingerprint density at radius 1 is 1.29 bits per heavy atom. The number of halogens is 4. The fraction of sp³-hybridized carbons (Fsp3) is 0.125. The van der Waals surface area contributed by atoms with Crippen molar-refractivity contribution in [1.29, 1.82) is 5.26 Å². The lowest BCUT2D eigenvalue weighted by molar-refractivity contribution is -0.274. The van der Waals surface area contributed by atoms with Gasteiger partial charge in [0.15, 0.2) is 0 Å². The van der Waals surface area contributed by atoms with Crippen LogP contribution in [0.3, 0.4) is 0 Å². The van der Waals surface area contributed by atoms with Gasteiger partial charge in [0.1, 0.15) is 5.75 Å². The van der Waals surface area contributed by atoms with E-state index in [2.05, 4.69) is 4.74 Å². The highest BCUT2D eigenvalue weighted by Crippen LogP contribution is 2.26. The number of nitriles is 1. The third kappa shape index (κ3) is 3.15. The first-order valence-electron chi connectivity index (χ1n) is 3.37. The normalized spacial score (nSPS) is 10.8. The zero-order chi connectivity index (χ0) is 10.8. The molecule has 0 saturated heterocycles. The first-order chi connectivity index (χ1) is 6.40. The molecule has 0 aliphatic heterocycles. The third-order valence-corrected chi connectivity index (χ3v) is 1.45. The second-order valence-corrected chi connectivity index (χ2v) is 2.77. The number of hydrogen-bond donors (Lipinski definition) is 0. The van der Waals surface area contributed by atoms with Crippen molar-refractivity contribution in [3.63, 3.8) is 0 Å². The van der Waals surface area contributed by atoms with Crippen LogP contribution in [0.1, 0.15) is 5.56 Å². The Kier molecular flexibility index (Phi) is 2.87. The highest BCUT2D eigenvalue weighted by atomic mass is 35.5. The summed E-state index contributed by atoms with van der Waals surface area (Å²) < 4.78 is 38.9. The molecule has 1 aromatic rings. The lowest BCUT2D eigenvalue weighted by Gasteiger charge is -2.08. The zero-order valence-electron chi connectivity index (χ0n) is 6.60. The molecule has 6 heteroatoms. The topological polar surface area (TPSA) is 33.0 Å². The molecule has 0 heterocycles. The zero-order valence-corrected chi connectivity index (χ0v) is 7.36. The molecule has 0 amide bonds. The summed E-state index contributed by atoms with van der Waals surface area (Å²) in [5, 5.41) is 8.46. The van der Waals surface area contributed by atoms with Crippen LogP contribution in [-0.4, -0.2) is 6.36 Å². The molecule has 74 valence electrons. The number of rotatable bonds is 1. The molecule has 0 aliphatic rings. The molecule has 1 aromatic carbocycles. The standard InChI is InChI=1S/C8H3ClF3NO/c9-6-1-5(4-13)2-7(3-6)14-8(10,11)12/h1-3H. The van der Waals surface area contributed by atoms with Crippen LogP contribution in [0.5, 0.6) is 5.75 Å². The van der Waals surface area contributed by atoms with Crippen molar-refractivity contribution in [3.05, 3.63) is 28.8 Å². The predicted octanol–water partition coefficient (Wildman–Crippen LogP) is 3.11. The molecular formula is C8H3ClF3NO. The Morgan fingerprint density at radius 2 is 1.93 bits per heavy atom. The van der Waals surface area contributed by atoms with E-state index in [1.54, 1.807) is 6.07 Å². The molecule has 0 bridgehead atoms. The van der Waals surface area contributed by atoms with Crippen LogP contribution in [0.25, 0.3) is 0 Å². The summed E-state index contributed by atoms with van der Waals surface area (Å²) in [6.07, 6.45) is -4.78. The molecular weight excluding hydrogens is 219 g/mol. The van der Waals surface area contributed by atoms with Crippen LogP contribution in [0.4, 0.5) is 13.2 Å². The molecule has 14 heavy (non-hydrogen) atoms. The Bertz CT molecular complexity index is 383. The van der Waals surface area contributed by atoms with Gasteiger partial charge in [-0.3, -0.25) is 0 Å². The number of hydrogen-bond acceptors (Lipinski definition) is 2. The molecule has 0 unspecified atom stereocenters. The van der Waals surface area contributed by atoms with E-state index in [1.165, 1.54) is 6.07 Å². The van der Waals surface area contributed by atoms with Crippen LogP contribution in [0.15, 0.2) is 18.2 Å². The number of ether oxygens (including phenoxy) is 1. The molecule has 0 saturated carbocycles. The van der Waals surface area contributed by atoms with Gasteiger partial charge >= 0.3 is 6.36 Å². The summed E-state index contributed by atoms with van der Waals surface area (Å²) in [6.45, 7) is 0. The summed E-state index contributed by atoms with van der Waals surface area (Å²) in [5.74, 6) is -0.499. The van der Waals surface area contributed by atoms with E-state index < -0.39 is 12.1 Å². The van der Waals surface area contributed by atoms with Crippen molar-refractivity contribution < 1.29 is 17.9 Å². The molecule has 0 N–H and O–H groups in total. The smallest absolute Gasteiger partial charge is 0.406 e. The number of alkyl halides is 3. The van der Waals surface area contributed by atoms with E-state index >= 15 is 0 Å². The van der Waals surface area contributed by atoms with E-state index in [0.717, 1.165) is 12.1 Å². The van der Waals surface area contributed by atoms with Crippen LogP contribution in [0.2, 0.25) is 5.02 Å². The molecule has 0 fully saturated rings. The summed E-state index contributed by atoms with van der Waals surface area (Å²) in [4.78, 5) is 0. The van der Waals surface area contributed by atoms with Crippen molar-refractivity contribution >= 4 is 11.6 Å². The summed E-state index contributed by atoms with van der Waals surface area (Å²) >= 11 is 5.46. The van der Waals surface area contributed by atoms with Crippen LogP contribution in [-0.2, 0) is 0 Å². The SMILES string of the molecule is N#Cc1cc(Cl)cc(OC(F)(F)F)c1. The Labute approximate surface area is 82.5 Å². The summed E-state index contributed by atoms with van der Waals surface area (Å²) in [6, 6.07) is 4.84. The van der Waals surface area contributed by atoms with E-state index in [4.69, 9.17) is 16.9 Å². The van der Waals surface area contributed by atoms with E-state index in [-0.39, 0.29) is 10.6 Å². The van der Waals surface area contributed by atoms with Gasteiger partial charge in [0.05, 0.1) is 11.6 Å². The molecule has 1 rings (SSSR count). The van der Waals surface area contributed by atoms with E-state index in [9.17, 15) is 13.2 Å². The highest BCUT2D eigenvalue weighted by molar-refractivity contribution is 6.30. The maximum atomic E-state index is 11.8. The number of benzene rings is 1. The maximum absolute atomic E-state index is 11.8. The van der Waals surface area contributed by atoms with Crippen molar-refractivity contribution in [2.45, 2.75) is 6.36 Å². The Balaban J connectivity index is 3.00.